The third-order valence-electron chi connectivity index (χ3n) is 4.66. The van der Waals surface area contributed by atoms with Crippen LogP contribution in [0.25, 0.3) is 0 Å². The molecule has 1 aromatic carbocycles. The van der Waals surface area contributed by atoms with Gasteiger partial charge in [0.2, 0.25) is 0 Å². The fourth-order valence-electron chi connectivity index (χ4n) is 3.14. The number of ether oxygens (including phenoxy) is 1. The van der Waals surface area contributed by atoms with E-state index in [9.17, 15) is 13.9 Å². The highest BCUT2D eigenvalue weighted by Crippen LogP contribution is 2.19. The van der Waals surface area contributed by atoms with Gasteiger partial charge in [-0.05, 0) is 25.5 Å². The second kappa shape index (κ2) is 12.6. The zero-order chi connectivity index (χ0) is 20.6. The fraction of sp³-hybridized carbons (Fsp3) is 0.650. The van der Waals surface area contributed by atoms with Crippen LogP contribution in [-0.2, 0) is 4.74 Å². The molecule has 2 rings (SSSR count). The lowest BCUT2D eigenvalue weighted by molar-refractivity contribution is -0.0179. The first-order valence-electron chi connectivity index (χ1n) is 9.80. The number of halogens is 3. The molecule has 29 heavy (non-hydrogen) atoms. The molecule has 0 radical (unpaired) electrons. The SMILES string of the molecule is CCNC(=NCC(C)(O)CN1CCOCC1)NCC(C)c1ccc(F)cc1F.I. The highest BCUT2D eigenvalue weighted by Gasteiger charge is 2.25. The zero-order valence-corrected chi connectivity index (χ0v) is 19.7. The summed E-state index contributed by atoms with van der Waals surface area (Å²) in [6.45, 7) is 10.4. The van der Waals surface area contributed by atoms with Crippen molar-refractivity contribution in [1.29, 1.82) is 0 Å². The van der Waals surface area contributed by atoms with Crippen molar-refractivity contribution >= 4 is 29.9 Å². The minimum atomic E-state index is -0.964. The number of guanidine groups is 1. The molecule has 0 spiro atoms. The van der Waals surface area contributed by atoms with Crippen LogP contribution in [-0.4, -0.2) is 74.0 Å². The molecular weight excluding hydrogens is 493 g/mol. The second-order valence-electron chi connectivity index (χ2n) is 7.53. The third-order valence-corrected chi connectivity index (χ3v) is 4.66. The van der Waals surface area contributed by atoms with E-state index in [1.54, 1.807) is 6.92 Å². The fourth-order valence-corrected chi connectivity index (χ4v) is 3.14. The summed E-state index contributed by atoms with van der Waals surface area (Å²) in [5.74, 6) is -0.749. The summed E-state index contributed by atoms with van der Waals surface area (Å²) in [5.41, 5.74) is -0.516. The molecule has 2 atom stereocenters. The first-order chi connectivity index (χ1) is 13.3. The summed E-state index contributed by atoms with van der Waals surface area (Å²) in [6.07, 6.45) is 0. The summed E-state index contributed by atoms with van der Waals surface area (Å²) >= 11 is 0. The maximum Gasteiger partial charge on any atom is 0.191 e. The minimum Gasteiger partial charge on any atom is -0.387 e. The van der Waals surface area contributed by atoms with E-state index in [-0.39, 0.29) is 36.4 Å². The Kier molecular flexibility index (Phi) is 11.3. The number of benzene rings is 1. The van der Waals surface area contributed by atoms with Crippen LogP contribution >= 0.6 is 24.0 Å². The van der Waals surface area contributed by atoms with E-state index in [0.717, 1.165) is 19.2 Å². The van der Waals surface area contributed by atoms with Gasteiger partial charge >= 0.3 is 0 Å². The molecule has 1 saturated heterocycles. The summed E-state index contributed by atoms with van der Waals surface area (Å²) in [6, 6.07) is 3.62. The molecule has 1 aromatic rings. The van der Waals surface area contributed by atoms with Crippen molar-refractivity contribution in [2.75, 3.05) is 52.5 Å². The van der Waals surface area contributed by atoms with Gasteiger partial charge < -0.3 is 20.5 Å². The number of rotatable bonds is 8. The summed E-state index contributed by atoms with van der Waals surface area (Å²) in [4.78, 5) is 6.65. The van der Waals surface area contributed by atoms with Gasteiger partial charge in [0.15, 0.2) is 5.96 Å². The number of aliphatic hydroxyl groups is 1. The van der Waals surface area contributed by atoms with E-state index >= 15 is 0 Å². The molecule has 2 unspecified atom stereocenters. The molecule has 3 N–H and O–H groups in total. The molecule has 1 fully saturated rings. The monoisotopic (exact) mass is 526 g/mol. The van der Waals surface area contributed by atoms with Crippen molar-refractivity contribution in [3.63, 3.8) is 0 Å². The number of β-amino-alcohol motifs (C(OH)–C–C–N with tert-alkyl or cyclic N) is 1. The molecule has 6 nitrogen and oxygen atoms in total. The lowest BCUT2D eigenvalue weighted by Gasteiger charge is -2.33. The average Bonchev–Trinajstić information content (AvgIpc) is 2.64. The van der Waals surface area contributed by atoms with Crippen LogP contribution in [0.5, 0.6) is 0 Å². The Bertz CT molecular complexity index is 655. The predicted octanol–water partition coefficient (Wildman–Crippen LogP) is 2.32. The van der Waals surface area contributed by atoms with Gasteiger partial charge in [0, 0.05) is 44.7 Å². The number of hydrogen-bond donors (Lipinski definition) is 3. The van der Waals surface area contributed by atoms with Crippen LogP contribution in [0.4, 0.5) is 8.78 Å². The van der Waals surface area contributed by atoms with E-state index in [2.05, 4.69) is 20.5 Å². The second-order valence-corrected chi connectivity index (χ2v) is 7.53. The van der Waals surface area contributed by atoms with Gasteiger partial charge in [-0.3, -0.25) is 9.89 Å². The highest BCUT2D eigenvalue weighted by molar-refractivity contribution is 14.0. The zero-order valence-electron chi connectivity index (χ0n) is 17.4. The lowest BCUT2D eigenvalue weighted by Crippen LogP contribution is -2.48. The molecule has 9 heteroatoms. The Labute approximate surface area is 189 Å². The smallest absolute Gasteiger partial charge is 0.191 e. The maximum absolute atomic E-state index is 13.9. The molecule has 0 bridgehead atoms. The Morgan fingerprint density at radius 1 is 1.31 bits per heavy atom. The van der Waals surface area contributed by atoms with E-state index < -0.39 is 17.2 Å². The van der Waals surface area contributed by atoms with Crippen LogP contribution in [0.2, 0.25) is 0 Å². The third kappa shape index (κ3) is 9.10. The molecule has 1 aliphatic rings. The lowest BCUT2D eigenvalue weighted by atomic mass is 10.0. The molecular formula is C20H33F2IN4O2. The van der Waals surface area contributed by atoms with Crippen molar-refractivity contribution < 1.29 is 18.6 Å². The van der Waals surface area contributed by atoms with E-state index in [0.29, 0.717) is 44.4 Å². The van der Waals surface area contributed by atoms with Crippen molar-refractivity contribution in [2.45, 2.75) is 32.3 Å². The molecule has 166 valence electrons. The van der Waals surface area contributed by atoms with Crippen molar-refractivity contribution in [2.24, 2.45) is 4.99 Å². The van der Waals surface area contributed by atoms with Gasteiger partial charge in [0.1, 0.15) is 11.6 Å². The van der Waals surface area contributed by atoms with Gasteiger partial charge in [-0.1, -0.05) is 13.0 Å². The van der Waals surface area contributed by atoms with Gasteiger partial charge in [0.05, 0.1) is 25.4 Å². The Balaban J connectivity index is 0.00000420. The normalized spacial score (nSPS) is 18.5. The quantitative estimate of drug-likeness (QED) is 0.276. The summed E-state index contributed by atoms with van der Waals surface area (Å²) in [5, 5.41) is 17.0. The largest absolute Gasteiger partial charge is 0.387 e. The summed E-state index contributed by atoms with van der Waals surface area (Å²) in [7, 11) is 0. The number of nitrogens with one attached hydrogen (secondary N) is 2. The minimum absolute atomic E-state index is 0. The standard InChI is InChI=1S/C20H32F2N4O2.HI/c1-4-23-19(24-12-15(2)17-6-5-16(21)11-18(17)22)25-13-20(3,27)14-26-7-9-28-10-8-26;/h5-6,11,15,27H,4,7-10,12-14H2,1-3H3,(H2,23,24,25);1H. The topological polar surface area (TPSA) is 69.1 Å². The number of morpholine rings is 1. The van der Waals surface area contributed by atoms with E-state index in [1.807, 2.05) is 13.8 Å². The van der Waals surface area contributed by atoms with Crippen molar-refractivity contribution in [3.8, 4) is 0 Å². The van der Waals surface area contributed by atoms with E-state index in [1.165, 1.54) is 12.1 Å². The first-order valence-corrected chi connectivity index (χ1v) is 9.80. The van der Waals surface area contributed by atoms with Crippen LogP contribution in [0, 0.1) is 11.6 Å². The van der Waals surface area contributed by atoms with Crippen LogP contribution < -0.4 is 10.6 Å². The molecule has 1 aliphatic heterocycles. The number of hydrogen-bond acceptors (Lipinski definition) is 4. The summed E-state index contributed by atoms with van der Waals surface area (Å²) < 4.78 is 32.4. The van der Waals surface area contributed by atoms with Gasteiger partial charge in [-0.2, -0.15) is 0 Å². The van der Waals surface area contributed by atoms with Crippen LogP contribution in [0.3, 0.4) is 0 Å². The van der Waals surface area contributed by atoms with Crippen LogP contribution in [0.15, 0.2) is 23.2 Å². The molecule has 1 heterocycles. The highest BCUT2D eigenvalue weighted by atomic mass is 127. The Morgan fingerprint density at radius 2 is 2.00 bits per heavy atom. The van der Waals surface area contributed by atoms with Gasteiger partial charge in [-0.15, -0.1) is 24.0 Å². The Hall–Kier alpha value is -1.04. The molecule has 0 aliphatic carbocycles. The molecule has 0 saturated carbocycles. The average molecular weight is 526 g/mol. The molecule has 0 aromatic heterocycles. The first kappa shape index (κ1) is 26.0. The van der Waals surface area contributed by atoms with Crippen molar-refractivity contribution in [3.05, 3.63) is 35.4 Å². The number of nitrogens with zero attached hydrogens (tertiary/aromatic N) is 2. The molecule has 0 amide bonds. The van der Waals surface area contributed by atoms with Crippen LogP contribution in [0.1, 0.15) is 32.3 Å². The number of aliphatic imine (C=N–C) groups is 1. The predicted molar refractivity (Wildman–Crippen MR) is 122 cm³/mol. The van der Waals surface area contributed by atoms with Gasteiger partial charge in [-0.25, -0.2) is 8.78 Å². The Morgan fingerprint density at radius 3 is 2.62 bits per heavy atom. The maximum atomic E-state index is 13.9. The van der Waals surface area contributed by atoms with Gasteiger partial charge in [0.25, 0.3) is 0 Å². The van der Waals surface area contributed by atoms with Crippen molar-refractivity contribution in [1.82, 2.24) is 15.5 Å². The van der Waals surface area contributed by atoms with E-state index in [4.69, 9.17) is 4.74 Å².